The third-order valence-corrected chi connectivity index (χ3v) is 5.83. The van der Waals surface area contributed by atoms with Crippen LogP contribution < -0.4 is 4.74 Å². The standard InChI is InChI=1S/C16H25NO5S/c1-12-10-14(21-4)11-13(2)16(12)23(19,20)17(3)9-7-6-8-15(18)22-5/h10-11H,6-9H2,1-5H3. The molecule has 0 amide bonds. The van der Waals surface area contributed by atoms with E-state index in [1.54, 1.807) is 40.1 Å². The number of rotatable bonds is 8. The molecule has 0 unspecified atom stereocenters. The van der Waals surface area contributed by atoms with E-state index in [4.69, 9.17) is 4.74 Å². The highest BCUT2D eigenvalue weighted by atomic mass is 32.2. The van der Waals surface area contributed by atoms with Crippen LogP contribution in [0.2, 0.25) is 0 Å². The minimum atomic E-state index is -3.57. The van der Waals surface area contributed by atoms with Crippen LogP contribution in [0.5, 0.6) is 5.75 Å². The van der Waals surface area contributed by atoms with Crippen LogP contribution in [0.1, 0.15) is 30.4 Å². The number of unbranched alkanes of at least 4 members (excludes halogenated alkanes) is 1. The van der Waals surface area contributed by atoms with Crippen LogP contribution >= 0.6 is 0 Å². The molecule has 0 atom stereocenters. The van der Waals surface area contributed by atoms with E-state index in [1.165, 1.54) is 11.4 Å². The summed E-state index contributed by atoms with van der Waals surface area (Å²) in [5, 5.41) is 0. The van der Waals surface area contributed by atoms with Gasteiger partial charge in [-0.3, -0.25) is 4.79 Å². The maximum absolute atomic E-state index is 12.8. The zero-order valence-corrected chi connectivity index (χ0v) is 15.2. The van der Waals surface area contributed by atoms with Crippen molar-refractivity contribution in [2.45, 2.75) is 38.0 Å². The van der Waals surface area contributed by atoms with Gasteiger partial charge < -0.3 is 9.47 Å². The fourth-order valence-corrected chi connectivity index (χ4v) is 4.03. The molecule has 0 saturated carbocycles. The van der Waals surface area contributed by atoms with Gasteiger partial charge in [0.2, 0.25) is 10.0 Å². The molecule has 1 aromatic rings. The molecule has 0 aliphatic carbocycles. The quantitative estimate of drug-likeness (QED) is 0.535. The molecule has 1 rings (SSSR count). The molecule has 0 bridgehead atoms. The first-order valence-electron chi connectivity index (χ1n) is 7.42. The molecular formula is C16H25NO5S. The lowest BCUT2D eigenvalue weighted by molar-refractivity contribution is -0.140. The average molecular weight is 343 g/mol. The SMILES string of the molecule is COC(=O)CCCCN(C)S(=O)(=O)c1c(C)cc(OC)cc1C. The molecule has 23 heavy (non-hydrogen) atoms. The second-order valence-electron chi connectivity index (χ2n) is 5.45. The van der Waals surface area contributed by atoms with Gasteiger partial charge in [-0.25, -0.2) is 12.7 Å². The van der Waals surface area contributed by atoms with Gasteiger partial charge >= 0.3 is 5.97 Å². The fraction of sp³-hybridized carbons (Fsp3) is 0.562. The van der Waals surface area contributed by atoms with Crippen molar-refractivity contribution in [3.05, 3.63) is 23.3 Å². The van der Waals surface area contributed by atoms with Crippen molar-refractivity contribution in [2.24, 2.45) is 0 Å². The Balaban J connectivity index is 2.84. The summed E-state index contributed by atoms with van der Waals surface area (Å²) in [4.78, 5) is 11.4. The number of nitrogens with zero attached hydrogens (tertiary/aromatic N) is 1. The Morgan fingerprint density at radius 1 is 1.13 bits per heavy atom. The molecule has 0 heterocycles. The van der Waals surface area contributed by atoms with Crippen molar-refractivity contribution in [1.82, 2.24) is 4.31 Å². The van der Waals surface area contributed by atoms with Gasteiger partial charge in [0.15, 0.2) is 0 Å². The first kappa shape index (κ1) is 19.4. The van der Waals surface area contributed by atoms with E-state index in [9.17, 15) is 13.2 Å². The van der Waals surface area contributed by atoms with Crippen molar-refractivity contribution >= 4 is 16.0 Å². The Kier molecular flexibility index (Phi) is 7.02. The number of carbonyl (C=O) groups excluding carboxylic acids is 1. The molecule has 6 nitrogen and oxygen atoms in total. The zero-order valence-electron chi connectivity index (χ0n) is 14.4. The molecule has 7 heteroatoms. The van der Waals surface area contributed by atoms with Crippen LogP contribution in [0.25, 0.3) is 0 Å². The largest absolute Gasteiger partial charge is 0.497 e. The van der Waals surface area contributed by atoms with E-state index < -0.39 is 10.0 Å². The number of sulfonamides is 1. The summed E-state index contributed by atoms with van der Waals surface area (Å²) in [7, 11) is 0.875. The molecule has 1 aromatic carbocycles. The minimum Gasteiger partial charge on any atom is -0.497 e. The minimum absolute atomic E-state index is 0.280. The molecule has 0 saturated heterocycles. The van der Waals surface area contributed by atoms with Crippen molar-refractivity contribution in [3.8, 4) is 5.75 Å². The van der Waals surface area contributed by atoms with Crippen LogP contribution in [-0.4, -0.2) is 46.5 Å². The second kappa shape index (κ2) is 8.31. The predicted octanol–water partition coefficient (Wildman–Crippen LogP) is 2.28. The van der Waals surface area contributed by atoms with E-state index in [0.717, 1.165) is 0 Å². The number of hydrogen-bond donors (Lipinski definition) is 0. The van der Waals surface area contributed by atoms with Crippen LogP contribution in [0.15, 0.2) is 17.0 Å². The Hall–Kier alpha value is -1.60. The molecule has 0 radical (unpaired) electrons. The maximum Gasteiger partial charge on any atom is 0.305 e. The van der Waals surface area contributed by atoms with Crippen LogP contribution in [-0.2, 0) is 19.6 Å². The van der Waals surface area contributed by atoms with Gasteiger partial charge in [0.25, 0.3) is 0 Å². The molecule has 0 aliphatic rings. The van der Waals surface area contributed by atoms with Gasteiger partial charge in [0.1, 0.15) is 5.75 Å². The third kappa shape index (κ3) is 4.94. The lowest BCUT2D eigenvalue weighted by atomic mass is 10.1. The Bertz CT molecular complexity index is 631. The maximum atomic E-state index is 12.8. The summed E-state index contributed by atoms with van der Waals surface area (Å²) >= 11 is 0. The van der Waals surface area contributed by atoms with Crippen molar-refractivity contribution < 1.29 is 22.7 Å². The lowest BCUT2D eigenvalue weighted by Gasteiger charge is -2.20. The number of benzene rings is 1. The topological polar surface area (TPSA) is 72.9 Å². The Morgan fingerprint density at radius 3 is 2.17 bits per heavy atom. The Labute approximate surface area is 138 Å². The first-order valence-corrected chi connectivity index (χ1v) is 8.86. The summed E-state index contributed by atoms with van der Waals surface area (Å²) in [5.74, 6) is 0.358. The van der Waals surface area contributed by atoms with Gasteiger partial charge in [0, 0.05) is 20.0 Å². The summed E-state index contributed by atoms with van der Waals surface area (Å²) in [6, 6.07) is 3.43. The molecule has 0 fully saturated rings. The monoisotopic (exact) mass is 343 g/mol. The van der Waals surface area contributed by atoms with E-state index in [1.807, 2.05) is 0 Å². The molecule has 0 aliphatic heterocycles. The molecule has 0 spiro atoms. The number of aryl methyl sites for hydroxylation is 2. The first-order chi connectivity index (χ1) is 10.7. The van der Waals surface area contributed by atoms with E-state index >= 15 is 0 Å². The van der Waals surface area contributed by atoms with Crippen molar-refractivity contribution in [1.29, 1.82) is 0 Å². The second-order valence-corrected chi connectivity index (χ2v) is 7.43. The van der Waals surface area contributed by atoms with Crippen molar-refractivity contribution in [2.75, 3.05) is 27.8 Å². The number of hydrogen-bond acceptors (Lipinski definition) is 5. The summed E-state index contributed by atoms with van der Waals surface area (Å²) in [6.07, 6.45) is 1.48. The number of methoxy groups -OCH3 is 2. The van der Waals surface area contributed by atoms with Gasteiger partial charge in [-0.1, -0.05) is 0 Å². The number of carbonyl (C=O) groups is 1. The summed E-state index contributed by atoms with van der Waals surface area (Å²) < 4.78 is 36.6. The van der Waals surface area contributed by atoms with Crippen LogP contribution in [0.3, 0.4) is 0 Å². The molecule has 130 valence electrons. The van der Waals surface area contributed by atoms with Crippen molar-refractivity contribution in [3.63, 3.8) is 0 Å². The number of esters is 1. The number of ether oxygens (including phenoxy) is 2. The highest BCUT2D eigenvalue weighted by molar-refractivity contribution is 7.89. The fourth-order valence-electron chi connectivity index (χ4n) is 2.42. The van der Waals surface area contributed by atoms with Gasteiger partial charge in [-0.2, -0.15) is 0 Å². The van der Waals surface area contributed by atoms with E-state index in [-0.39, 0.29) is 5.97 Å². The zero-order chi connectivity index (χ0) is 17.6. The highest BCUT2D eigenvalue weighted by Gasteiger charge is 2.25. The smallest absolute Gasteiger partial charge is 0.305 e. The Morgan fingerprint density at radius 2 is 1.70 bits per heavy atom. The van der Waals surface area contributed by atoms with E-state index in [0.29, 0.717) is 47.6 Å². The highest BCUT2D eigenvalue weighted by Crippen LogP contribution is 2.27. The van der Waals surface area contributed by atoms with Gasteiger partial charge in [0.05, 0.1) is 19.1 Å². The normalized spacial score (nSPS) is 11.6. The van der Waals surface area contributed by atoms with Crippen LogP contribution in [0, 0.1) is 13.8 Å². The summed E-state index contributed by atoms with van der Waals surface area (Å²) in [6.45, 7) is 3.87. The average Bonchev–Trinajstić information content (AvgIpc) is 2.49. The molecule has 0 N–H and O–H groups in total. The molecular weight excluding hydrogens is 318 g/mol. The lowest BCUT2D eigenvalue weighted by Crippen LogP contribution is -2.29. The van der Waals surface area contributed by atoms with Crippen LogP contribution in [0.4, 0.5) is 0 Å². The third-order valence-electron chi connectivity index (χ3n) is 3.67. The predicted molar refractivity (Wildman–Crippen MR) is 88.2 cm³/mol. The summed E-state index contributed by atoms with van der Waals surface area (Å²) in [5.41, 5.74) is 1.31. The van der Waals surface area contributed by atoms with Gasteiger partial charge in [-0.05, 0) is 49.9 Å². The molecule has 0 aromatic heterocycles. The van der Waals surface area contributed by atoms with E-state index in [2.05, 4.69) is 4.74 Å². The van der Waals surface area contributed by atoms with Gasteiger partial charge in [-0.15, -0.1) is 0 Å².